The molecule has 0 bridgehead atoms. The number of thiophene rings is 1. The molecular weight excluding hydrogens is 356 g/mol. The van der Waals surface area contributed by atoms with E-state index >= 15 is 0 Å². The molecule has 0 aliphatic rings. The fourth-order valence-corrected chi connectivity index (χ4v) is 2.82. The average Bonchev–Trinajstić information content (AvgIpc) is 2.44. The summed E-state index contributed by atoms with van der Waals surface area (Å²) in [5, 5.41) is 19.7. The fraction of sp³-hybridized carbons (Fsp3) is 0. The first-order valence-electron chi connectivity index (χ1n) is 3.33. The molecule has 0 unspecified atom stereocenters. The number of carboxylic acid groups (broad SMARTS) is 1. The molecule has 0 aliphatic carbocycles. The standard InChI is InChI=1S/C6H4Br2N2O4S/c7-1-2(14-6(11)12)3(5(9)10-13)15-4(1)8/h13H,(H2,9,10)(H,11,12). The average molecular weight is 360 g/mol. The minimum Gasteiger partial charge on any atom is -0.449 e. The fourth-order valence-electron chi connectivity index (χ4n) is 0.762. The third kappa shape index (κ3) is 2.61. The van der Waals surface area contributed by atoms with Crippen LogP contribution in [0.5, 0.6) is 5.75 Å². The number of hydrogen-bond donors (Lipinski definition) is 3. The molecule has 0 spiro atoms. The molecule has 6 nitrogen and oxygen atoms in total. The Bertz CT molecular complexity index is 431. The second kappa shape index (κ2) is 4.81. The summed E-state index contributed by atoms with van der Waals surface area (Å²) in [6.45, 7) is 0. The van der Waals surface area contributed by atoms with Gasteiger partial charge in [0.15, 0.2) is 11.6 Å². The number of nitrogens with zero attached hydrogens (tertiary/aromatic N) is 1. The largest absolute Gasteiger partial charge is 0.511 e. The molecule has 0 saturated heterocycles. The van der Waals surface area contributed by atoms with E-state index in [0.717, 1.165) is 11.3 Å². The lowest BCUT2D eigenvalue weighted by Gasteiger charge is -2.00. The number of carbonyl (C=O) groups is 1. The molecule has 0 aromatic carbocycles. The monoisotopic (exact) mass is 358 g/mol. The van der Waals surface area contributed by atoms with Crippen LogP contribution in [0.2, 0.25) is 0 Å². The maximum Gasteiger partial charge on any atom is 0.511 e. The van der Waals surface area contributed by atoms with Crippen LogP contribution in [0.4, 0.5) is 4.79 Å². The number of hydrogen-bond acceptors (Lipinski definition) is 5. The number of amidine groups is 1. The first kappa shape index (κ1) is 12.3. The molecule has 0 atom stereocenters. The van der Waals surface area contributed by atoms with Crippen molar-refractivity contribution in [2.45, 2.75) is 0 Å². The second-order valence-corrected chi connectivity index (χ2v) is 5.33. The number of nitrogens with two attached hydrogens (primary N) is 1. The van der Waals surface area contributed by atoms with Crippen molar-refractivity contribution in [3.8, 4) is 5.75 Å². The Morgan fingerprint density at radius 2 is 2.13 bits per heavy atom. The Morgan fingerprint density at radius 3 is 2.60 bits per heavy atom. The quantitative estimate of drug-likeness (QED) is 0.247. The highest BCUT2D eigenvalue weighted by Crippen LogP contribution is 2.43. The van der Waals surface area contributed by atoms with E-state index in [1.807, 2.05) is 0 Å². The van der Waals surface area contributed by atoms with Crippen molar-refractivity contribution in [1.29, 1.82) is 0 Å². The van der Waals surface area contributed by atoms with Crippen LogP contribution >= 0.6 is 43.2 Å². The van der Waals surface area contributed by atoms with E-state index in [0.29, 0.717) is 8.26 Å². The Kier molecular flexibility index (Phi) is 3.94. The zero-order valence-corrected chi connectivity index (χ0v) is 10.9. The van der Waals surface area contributed by atoms with E-state index in [1.54, 1.807) is 0 Å². The molecule has 4 N–H and O–H groups in total. The molecule has 1 rings (SSSR count). The first-order valence-corrected chi connectivity index (χ1v) is 5.74. The summed E-state index contributed by atoms with van der Waals surface area (Å²) in [6.07, 6.45) is -1.48. The van der Waals surface area contributed by atoms with Crippen LogP contribution < -0.4 is 10.5 Å². The number of halogens is 2. The number of ether oxygens (including phenoxy) is 1. The van der Waals surface area contributed by atoms with Crippen LogP contribution in [0.1, 0.15) is 4.88 Å². The highest BCUT2D eigenvalue weighted by atomic mass is 79.9. The molecule has 15 heavy (non-hydrogen) atoms. The molecule has 0 aliphatic heterocycles. The molecule has 0 radical (unpaired) electrons. The molecule has 1 aromatic heterocycles. The van der Waals surface area contributed by atoms with Gasteiger partial charge in [0.1, 0.15) is 4.88 Å². The second-order valence-electron chi connectivity index (χ2n) is 2.20. The SMILES string of the molecule is NC(=NO)c1sc(Br)c(Br)c1OC(=O)O. The summed E-state index contributed by atoms with van der Waals surface area (Å²) >= 11 is 7.35. The van der Waals surface area contributed by atoms with Gasteiger partial charge < -0.3 is 20.8 Å². The van der Waals surface area contributed by atoms with E-state index in [2.05, 4.69) is 41.8 Å². The third-order valence-electron chi connectivity index (χ3n) is 1.30. The highest BCUT2D eigenvalue weighted by Gasteiger charge is 2.21. The Hall–Kier alpha value is -0.800. The molecule has 1 heterocycles. The third-order valence-corrected chi connectivity index (χ3v) is 4.71. The van der Waals surface area contributed by atoms with E-state index in [4.69, 9.17) is 16.0 Å². The first-order chi connectivity index (χ1) is 6.97. The van der Waals surface area contributed by atoms with Crippen LogP contribution in [-0.2, 0) is 0 Å². The van der Waals surface area contributed by atoms with E-state index in [-0.39, 0.29) is 16.5 Å². The van der Waals surface area contributed by atoms with E-state index < -0.39 is 6.16 Å². The predicted molar refractivity (Wildman–Crippen MR) is 60.9 cm³/mol. The zero-order chi connectivity index (χ0) is 11.6. The number of oxime groups is 1. The Labute approximate surface area is 105 Å². The minimum atomic E-state index is -1.48. The molecule has 0 fully saturated rings. The smallest absolute Gasteiger partial charge is 0.449 e. The van der Waals surface area contributed by atoms with Crippen molar-refractivity contribution >= 4 is 55.2 Å². The molecule has 9 heteroatoms. The highest BCUT2D eigenvalue weighted by molar-refractivity contribution is 9.13. The molecular formula is C6H4Br2N2O4S. The zero-order valence-electron chi connectivity index (χ0n) is 6.90. The maximum absolute atomic E-state index is 10.4. The van der Waals surface area contributed by atoms with Gasteiger partial charge in [0.25, 0.3) is 0 Å². The lowest BCUT2D eigenvalue weighted by Crippen LogP contribution is -2.14. The van der Waals surface area contributed by atoms with Crippen LogP contribution in [0, 0.1) is 0 Å². The van der Waals surface area contributed by atoms with Crippen molar-refractivity contribution in [1.82, 2.24) is 0 Å². The number of rotatable bonds is 2. The van der Waals surface area contributed by atoms with Gasteiger partial charge in [-0.2, -0.15) is 0 Å². The van der Waals surface area contributed by atoms with Gasteiger partial charge in [0.05, 0.1) is 8.26 Å². The van der Waals surface area contributed by atoms with E-state index in [1.165, 1.54) is 0 Å². The van der Waals surface area contributed by atoms with E-state index in [9.17, 15) is 4.79 Å². The maximum atomic E-state index is 10.4. The van der Waals surface area contributed by atoms with Gasteiger partial charge in [-0.05, 0) is 31.9 Å². The summed E-state index contributed by atoms with van der Waals surface area (Å²) in [6, 6.07) is 0. The van der Waals surface area contributed by atoms with Crippen LogP contribution in [-0.4, -0.2) is 22.3 Å². The van der Waals surface area contributed by atoms with Crippen molar-refractivity contribution in [3.05, 3.63) is 13.1 Å². The lowest BCUT2D eigenvalue weighted by atomic mass is 10.4. The van der Waals surface area contributed by atoms with Gasteiger partial charge in [0.2, 0.25) is 0 Å². The van der Waals surface area contributed by atoms with Crippen LogP contribution in [0.15, 0.2) is 13.4 Å². The summed E-state index contributed by atoms with van der Waals surface area (Å²) in [4.78, 5) is 10.6. The normalized spacial score (nSPS) is 11.5. The Balaban J connectivity index is 3.27. The van der Waals surface area contributed by atoms with Crippen LogP contribution in [0.25, 0.3) is 0 Å². The van der Waals surface area contributed by atoms with Gasteiger partial charge in [-0.1, -0.05) is 5.16 Å². The Morgan fingerprint density at radius 1 is 1.53 bits per heavy atom. The van der Waals surface area contributed by atoms with Gasteiger partial charge in [0, 0.05) is 0 Å². The van der Waals surface area contributed by atoms with Crippen molar-refractivity contribution in [2.75, 3.05) is 0 Å². The molecule has 82 valence electrons. The lowest BCUT2D eigenvalue weighted by molar-refractivity contribution is 0.144. The van der Waals surface area contributed by atoms with Crippen LogP contribution in [0.3, 0.4) is 0 Å². The summed E-state index contributed by atoms with van der Waals surface area (Å²) in [7, 11) is 0. The summed E-state index contributed by atoms with van der Waals surface area (Å²) in [5.74, 6) is -0.225. The molecule has 0 amide bonds. The molecule has 1 aromatic rings. The summed E-state index contributed by atoms with van der Waals surface area (Å²) in [5.41, 5.74) is 5.35. The molecule has 0 saturated carbocycles. The summed E-state index contributed by atoms with van der Waals surface area (Å²) < 4.78 is 5.48. The van der Waals surface area contributed by atoms with Gasteiger partial charge in [-0.25, -0.2) is 4.79 Å². The predicted octanol–water partition coefficient (Wildman–Crippen LogP) is 2.42. The van der Waals surface area contributed by atoms with Gasteiger partial charge >= 0.3 is 6.16 Å². The minimum absolute atomic E-state index is 0.00493. The topological polar surface area (TPSA) is 105 Å². The van der Waals surface area contributed by atoms with Gasteiger partial charge in [-0.3, -0.25) is 0 Å². The van der Waals surface area contributed by atoms with Gasteiger partial charge in [-0.15, -0.1) is 11.3 Å². The van der Waals surface area contributed by atoms with Crippen molar-refractivity contribution in [2.24, 2.45) is 10.9 Å². The van der Waals surface area contributed by atoms with Crippen molar-refractivity contribution in [3.63, 3.8) is 0 Å². The van der Waals surface area contributed by atoms with Crippen molar-refractivity contribution < 1.29 is 19.8 Å².